The van der Waals surface area contributed by atoms with E-state index in [1.807, 2.05) is 30.3 Å². The van der Waals surface area contributed by atoms with Crippen molar-refractivity contribution in [3.8, 4) is 11.3 Å². The number of benzene rings is 1. The third kappa shape index (κ3) is 4.27. The molecule has 2 rings (SSSR count). The van der Waals surface area contributed by atoms with Gasteiger partial charge >= 0.3 is 0 Å². The lowest BCUT2D eigenvalue weighted by atomic mass is 9.88. The number of hydrogen-bond acceptors (Lipinski definition) is 1. The van der Waals surface area contributed by atoms with Crippen LogP contribution in [0.4, 0.5) is 0 Å². The monoisotopic (exact) mass is 302 g/mol. The van der Waals surface area contributed by atoms with E-state index in [2.05, 4.69) is 24.6 Å². The first-order valence-electron chi connectivity index (χ1n) is 9.76. The molecule has 0 atom stereocenters. The first kappa shape index (κ1) is 10.3. The van der Waals surface area contributed by atoms with Gasteiger partial charge < -0.3 is 0 Å². The van der Waals surface area contributed by atoms with Gasteiger partial charge in [0.05, 0.1) is 13.8 Å². The fraction of sp³-hybridized carbons (Fsp3) is 0.421. The summed E-state index contributed by atoms with van der Waals surface area (Å²) >= 11 is 0. The number of pyridine rings is 1. The molecule has 0 fully saturated rings. The Kier molecular flexibility index (Phi) is 2.84. The zero-order valence-corrected chi connectivity index (χ0v) is 14.5. The largest absolute Gasteiger partial charge is 0.256 e. The molecule has 0 amide bonds. The highest BCUT2D eigenvalue weighted by atomic mass is 28.3. The second kappa shape index (κ2) is 5.76. The molecule has 0 N–H and O–H groups in total. The molecule has 1 heterocycles. The number of hydrogen-bond donors (Lipinski definition) is 0. The lowest BCUT2D eigenvalue weighted by molar-refractivity contribution is 0.412. The van der Waals surface area contributed by atoms with Gasteiger partial charge in [0.25, 0.3) is 0 Å². The van der Waals surface area contributed by atoms with Crippen molar-refractivity contribution in [2.75, 3.05) is 0 Å². The van der Waals surface area contributed by atoms with Gasteiger partial charge in [-0.15, -0.1) is 0 Å². The number of aromatic nitrogens is 1. The Bertz CT molecular complexity index is 777. The molecule has 0 saturated carbocycles. The molecule has 2 aromatic rings. The molecule has 0 radical (unpaired) electrons. The second-order valence-corrected chi connectivity index (χ2v) is 12.0. The van der Waals surface area contributed by atoms with Gasteiger partial charge in [0.15, 0.2) is 0 Å². The molecule has 21 heavy (non-hydrogen) atoms. The number of nitrogens with zero attached hydrogens (tertiary/aromatic N) is 1. The third-order valence-electron chi connectivity index (χ3n) is 3.23. The maximum atomic E-state index is 8.81. The van der Waals surface area contributed by atoms with Crippen molar-refractivity contribution in [1.29, 1.82) is 0 Å². The van der Waals surface area contributed by atoms with Crippen LogP contribution in [0.2, 0.25) is 19.6 Å². The van der Waals surface area contributed by atoms with Crippen LogP contribution in [-0.4, -0.2) is 13.1 Å². The summed E-state index contributed by atoms with van der Waals surface area (Å²) in [7, 11) is -1.94. The summed E-state index contributed by atoms with van der Waals surface area (Å²) in [5.74, 6) is 0. The van der Waals surface area contributed by atoms with Crippen LogP contribution in [-0.2, 0) is 6.37 Å². The zero-order valence-electron chi connectivity index (χ0n) is 18.5. The van der Waals surface area contributed by atoms with Gasteiger partial charge in [-0.1, -0.05) is 70.7 Å². The van der Waals surface area contributed by atoms with Crippen LogP contribution in [0.5, 0.6) is 0 Å². The summed E-state index contributed by atoms with van der Waals surface area (Å²) in [4.78, 5) is 4.56. The molecule has 0 aliphatic heterocycles. The van der Waals surface area contributed by atoms with Gasteiger partial charge in [-0.05, 0) is 28.6 Å². The molecular weight excluding hydrogens is 270 g/mol. The van der Waals surface area contributed by atoms with Crippen molar-refractivity contribution in [2.45, 2.75) is 46.7 Å². The molecule has 0 aliphatic rings. The topological polar surface area (TPSA) is 12.9 Å². The van der Waals surface area contributed by atoms with E-state index < -0.39 is 26.7 Å². The van der Waals surface area contributed by atoms with Gasteiger partial charge in [0.2, 0.25) is 0 Å². The lowest BCUT2D eigenvalue weighted by Gasteiger charge is -2.26. The maximum Gasteiger partial charge on any atom is 0.0799 e. The molecule has 2 heteroatoms. The van der Waals surface area contributed by atoms with Gasteiger partial charge in [0.1, 0.15) is 0 Å². The van der Waals surface area contributed by atoms with Gasteiger partial charge in [-0.25, -0.2) is 0 Å². The van der Waals surface area contributed by atoms with Crippen molar-refractivity contribution >= 4 is 13.3 Å². The first-order valence-corrected chi connectivity index (χ1v) is 10.8. The highest BCUT2D eigenvalue weighted by Crippen LogP contribution is 2.24. The molecule has 1 aromatic heterocycles. The molecule has 112 valence electrons. The molecule has 0 aliphatic carbocycles. The zero-order chi connectivity index (χ0) is 20.0. The highest BCUT2D eigenvalue weighted by Gasteiger charge is 2.24. The Hall–Kier alpha value is -1.41. The molecule has 1 nitrogen and oxygen atoms in total. The summed E-state index contributed by atoms with van der Waals surface area (Å²) < 4.78 is 41.2. The van der Waals surface area contributed by atoms with Crippen LogP contribution < -0.4 is 5.19 Å². The Labute approximate surface area is 137 Å². The summed E-state index contributed by atoms with van der Waals surface area (Å²) in [5, 5.41) is 0.861. The van der Waals surface area contributed by atoms with E-state index in [9.17, 15) is 0 Å². The van der Waals surface area contributed by atoms with Gasteiger partial charge in [-0.3, -0.25) is 4.98 Å². The van der Waals surface area contributed by atoms with Crippen molar-refractivity contribution in [2.24, 2.45) is 5.41 Å². The van der Waals surface area contributed by atoms with Crippen LogP contribution in [0.3, 0.4) is 0 Å². The average molecular weight is 303 g/mol. The van der Waals surface area contributed by atoms with Crippen molar-refractivity contribution < 1.29 is 6.85 Å². The molecule has 0 unspecified atom stereocenters. The lowest BCUT2D eigenvalue weighted by Crippen LogP contribution is -2.41. The summed E-state index contributed by atoms with van der Waals surface area (Å²) in [5.41, 5.74) is 0.460. The van der Waals surface area contributed by atoms with E-state index in [4.69, 9.17) is 6.85 Å². The highest BCUT2D eigenvalue weighted by molar-refractivity contribution is 6.89. The average Bonchev–Trinajstić information content (AvgIpc) is 2.53. The summed E-state index contributed by atoms with van der Waals surface area (Å²) in [6.45, 7) is 6.90. The predicted molar refractivity (Wildman–Crippen MR) is 95.8 cm³/mol. The minimum atomic E-state index is -2.43. The van der Waals surface area contributed by atoms with E-state index in [1.54, 1.807) is 12.3 Å². The normalized spacial score (nSPS) is 17.3. The first-order chi connectivity index (χ1) is 11.7. The smallest absolute Gasteiger partial charge is 0.0799 e. The second-order valence-electron chi connectivity index (χ2n) is 6.98. The maximum absolute atomic E-state index is 8.81. The molecule has 0 saturated heterocycles. The fourth-order valence-corrected chi connectivity index (χ4v) is 3.65. The molecule has 0 bridgehead atoms. The molecule has 0 spiro atoms. The Morgan fingerprint density at radius 3 is 2.43 bits per heavy atom. The van der Waals surface area contributed by atoms with E-state index >= 15 is 0 Å². The fourth-order valence-electron chi connectivity index (χ4n) is 2.26. The van der Waals surface area contributed by atoms with Crippen LogP contribution in [0.15, 0.2) is 42.6 Å². The molecular formula is C19H27NSi. The SMILES string of the molecule is [2H]C([2H])([2H])C(C)(C)C([2H])([2H])c1cc(-c2ccccc2)ncc1[Si](C)(C)C. The van der Waals surface area contributed by atoms with Crippen LogP contribution in [0.1, 0.15) is 33.1 Å². The van der Waals surface area contributed by atoms with Crippen LogP contribution >= 0.6 is 0 Å². The Morgan fingerprint density at radius 1 is 1.19 bits per heavy atom. The Balaban J connectivity index is 2.75. The van der Waals surface area contributed by atoms with Gasteiger partial charge in [-0.2, -0.15) is 0 Å². The van der Waals surface area contributed by atoms with E-state index in [-0.39, 0.29) is 0 Å². The summed E-state index contributed by atoms with van der Waals surface area (Å²) in [6, 6.07) is 11.3. The molecule has 1 aromatic carbocycles. The minimum absolute atomic E-state index is 0.451. The van der Waals surface area contributed by atoms with Crippen molar-refractivity contribution in [3.63, 3.8) is 0 Å². The van der Waals surface area contributed by atoms with E-state index in [1.165, 1.54) is 13.8 Å². The van der Waals surface area contributed by atoms with Crippen LogP contribution in [0.25, 0.3) is 11.3 Å². The van der Waals surface area contributed by atoms with Gasteiger partial charge in [0, 0.05) is 18.6 Å². The third-order valence-corrected chi connectivity index (χ3v) is 5.24. The predicted octanol–water partition coefficient (Wildman–Crippen LogP) is 4.88. The standard InChI is InChI=1S/C19H27NSi/c1-19(2,3)13-16-12-17(15-10-8-7-9-11-15)20-14-18(16)21(4,5)6/h7-12,14H,13H2,1-6H3/i1D3,13D2. The minimum Gasteiger partial charge on any atom is -0.256 e. The van der Waals surface area contributed by atoms with E-state index in [0.717, 1.165) is 10.8 Å². The van der Waals surface area contributed by atoms with E-state index in [0.29, 0.717) is 11.3 Å². The van der Waals surface area contributed by atoms with Crippen LogP contribution in [0, 0.1) is 5.41 Å². The van der Waals surface area contributed by atoms with Crippen molar-refractivity contribution in [1.82, 2.24) is 4.98 Å². The van der Waals surface area contributed by atoms with Crippen molar-refractivity contribution in [3.05, 3.63) is 48.2 Å². The number of rotatable bonds is 3. The quantitative estimate of drug-likeness (QED) is 0.736. The Morgan fingerprint density at radius 2 is 1.86 bits per heavy atom. The summed E-state index contributed by atoms with van der Waals surface area (Å²) in [6.07, 6.45) is -0.280.